The van der Waals surface area contributed by atoms with Crippen molar-refractivity contribution in [3.05, 3.63) is 66.2 Å². The molecular weight excluding hydrogens is 530 g/mol. The number of carbonyl (C=O) groups is 1. The average molecular weight is 566 g/mol. The lowest BCUT2D eigenvalue weighted by molar-refractivity contribution is -0.121. The van der Waals surface area contributed by atoms with Crippen molar-refractivity contribution in [3.8, 4) is 22.6 Å². The Bertz CT molecular complexity index is 1520. The fourth-order valence-corrected chi connectivity index (χ4v) is 6.39. The number of carbonyl (C=O) groups excluding carboxylic acids is 1. The van der Waals surface area contributed by atoms with Gasteiger partial charge in [-0.25, -0.2) is 0 Å². The molecule has 5 rings (SSSR count). The molecule has 0 aromatic heterocycles. The Kier molecular flexibility index (Phi) is 7.41. The summed E-state index contributed by atoms with van der Waals surface area (Å²) in [6.45, 7) is 4.02. The number of hydrogen-bond acceptors (Lipinski definition) is 8. The minimum atomic E-state index is -3.68. The van der Waals surface area contributed by atoms with E-state index in [9.17, 15) is 13.2 Å². The molecule has 0 radical (unpaired) electrons. The van der Waals surface area contributed by atoms with Gasteiger partial charge in [0.15, 0.2) is 0 Å². The summed E-state index contributed by atoms with van der Waals surface area (Å²) in [5, 5.41) is 6.53. The molecule has 2 N–H and O–H groups in total. The van der Waals surface area contributed by atoms with Gasteiger partial charge in [0.2, 0.25) is 0 Å². The zero-order valence-corrected chi connectivity index (χ0v) is 24.2. The van der Waals surface area contributed by atoms with Gasteiger partial charge in [-0.05, 0) is 62.6 Å². The Hall–Kier alpha value is -3.76. The molecule has 1 aliphatic heterocycles. The van der Waals surface area contributed by atoms with Crippen LogP contribution in [0, 0.1) is 0 Å². The highest BCUT2D eigenvalue weighted by Gasteiger charge is 2.40. The first-order valence-electron chi connectivity index (χ1n) is 13.2. The van der Waals surface area contributed by atoms with Gasteiger partial charge in [-0.3, -0.25) is 4.79 Å². The van der Waals surface area contributed by atoms with Crippen LogP contribution in [0.5, 0.6) is 11.5 Å². The molecule has 212 valence electrons. The molecule has 1 amide bonds. The third kappa shape index (κ3) is 5.33. The fraction of sp³-hybridized carbons (Fsp3) is 0.367. The third-order valence-electron chi connectivity index (χ3n) is 7.24. The highest BCUT2D eigenvalue weighted by molar-refractivity contribution is 7.88. The Morgan fingerprint density at radius 1 is 1.05 bits per heavy atom. The molecule has 1 aliphatic carbocycles. The first-order chi connectivity index (χ1) is 19.1. The van der Waals surface area contributed by atoms with E-state index in [1.165, 1.54) is 7.11 Å². The molecule has 40 heavy (non-hydrogen) atoms. The van der Waals surface area contributed by atoms with Crippen molar-refractivity contribution in [2.45, 2.75) is 43.5 Å². The molecular formula is C30H35N3O6S. The molecule has 0 saturated heterocycles. The van der Waals surface area contributed by atoms with Crippen molar-refractivity contribution in [3.63, 3.8) is 0 Å². The van der Waals surface area contributed by atoms with Gasteiger partial charge in [-0.1, -0.05) is 24.3 Å². The molecule has 1 fully saturated rings. The van der Waals surface area contributed by atoms with Gasteiger partial charge < -0.3 is 29.2 Å². The maximum atomic E-state index is 13.4. The van der Waals surface area contributed by atoms with Crippen molar-refractivity contribution in [2.75, 3.05) is 43.4 Å². The minimum absolute atomic E-state index is 0.0738. The smallest absolute Gasteiger partial charge is 0.312 e. The lowest BCUT2D eigenvalue weighted by Gasteiger charge is -2.41. The van der Waals surface area contributed by atoms with E-state index >= 15 is 0 Å². The van der Waals surface area contributed by atoms with Crippen LogP contribution in [-0.2, 0) is 19.6 Å². The SMILES string of the molecule is COCC(Nc1ccccc1)c1c(-c2ccc(OS(=O)(=O)C3CC3)cc2OC)ccc2c1N(C)C(=O)C(C)(C)N2. The highest BCUT2D eigenvalue weighted by atomic mass is 32.2. The summed E-state index contributed by atoms with van der Waals surface area (Å²) < 4.78 is 41.7. The van der Waals surface area contributed by atoms with Gasteiger partial charge in [0.05, 0.1) is 36.4 Å². The quantitative estimate of drug-likeness (QED) is 0.323. The molecule has 3 aromatic rings. The number of methoxy groups -OCH3 is 2. The summed E-state index contributed by atoms with van der Waals surface area (Å²) in [5.74, 6) is 0.563. The average Bonchev–Trinajstić information content (AvgIpc) is 3.78. The van der Waals surface area contributed by atoms with E-state index in [1.54, 1.807) is 37.3 Å². The van der Waals surface area contributed by atoms with Crippen LogP contribution in [-0.4, -0.2) is 53.0 Å². The first-order valence-corrected chi connectivity index (χ1v) is 14.7. The molecule has 1 unspecified atom stereocenters. The number of hydrogen-bond donors (Lipinski definition) is 2. The number of rotatable bonds is 10. The maximum Gasteiger partial charge on any atom is 0.312 e. The first kappa shape index (κ1) is 27.8. The van der Waals surface area contributed by atoms with Gasteiger partial charge in [-0.15, -0.1) is 0 Å². The van der Waals surface area contributed by atoms with Crippen LogP contribution in [0.1, 0.15) is 38.3 Å². The number of likely N-dealkylation sites (N-methyl/N-ethyl adjacent to an activating group) is 1. The van der Waals surface area contributed by atoms with Gasteiger partial charge in [0.25, 0.3) is 5.91 Å². The van der Waals surface area contributed by atoms with Crippen LogP contribution < -0.4 is 24.5 Å². The van der Waals surface area contributed by atoms with E-state index in [1.807, 2.05) is 56.3 Å². The summed E-state index contributed by atoms with van der Waals surface area (Å²) >= 11 is 0. The van der Waals surface area contributed by atoms with Crippen molar-refractivity contribution >= 4 is 33.1 Å². The summed E-state index contributed by atoms with van der Waals surface area (Å²) in [7, 11) is 1.27. The van der Waals surface area contributed by atoms with Crippen molar-refractivity contribution in [1.29, 1.82) is 0 Å². The molecule has 2 aliphatic rings. The van der Waals surface area contributed by atoms with E-state index in [4.69, 9.17) is 13.7 Å². The molecule has 9 nitrogen and oxygen atoms in total. The Balaban J connectivity index is 1.68. The van der Waals surface area contributed by atoms with Crippen LogP contribution in [0.2, 0.25) is 0 Å². The van der Waals surface area contributed by atoms with E-state index < -0.39 is 20.9 Å². The molecule has 1 saturated carbocycles. The Morgan fingerprint density at radius 3 is 2.40 bits per heavy atom. The molecule has 10 heteroatoms. The summed E-state index contributed by atoms with van der Waals surface area (Å²) in [6, 6.07) is 18.4. The zero-order valence-electron chi connectivity index (χ0n) is 23.4. The summed E-state index contributed by atoms with van der Waals surface area (Å²) in [5.41, 5.74) is 4.01. The standard InChI is InChI=1S/C30H35N3O6S/c1-30(2)29(34)33(3)28-24(32-30)16-15-23(27(28)25(18-37-4)31-19-9-7-6-8-10-19)22-14-11-20(17-26(22)38-5)39-40(35,36)21-12-13-21/h6-11,14-17,21,25,31-32H,12-13,18H2,1-5H3. The number of fused-ring (bicyclic) bond motifs is 1. The fourth-order valence-electron chi connectivity index (χ4n) is 5.17. The van der Waals surface area contributed by atoms with Crippen LogP contribution in [0.3, 0.4) is 0 Å². The third-order valence-corrected chi connectivity index (χ3v) is 8.96. The minimum Gasteiger partial charge on any atom is -0.496 e. The number of nitrogens with zero attached hydrogens (tertiary/aromatic N) is 1. The number of amides is 1. The summed E-state index contributed by atoms with van der Waals surface area (Å²) in [4.78, 5) is 15.1. The topological polar surface area (TPSA) is 106 Å². The number of para-hydroxylation sites is 1. The van der Waals surface area contributed by atoms with E-state index in [2.05, 4.69) is 10.6 Å². The number of nitrogens with one attached hydrogen (secondary N) is 2. The van der Waals surface area contributed by atoms with Crippen molar-refractivity contribution in [1.82, 2.24) is 0 Å². The van der Waals surface area contributed by atoms with Crippen LogP contribution in [0.25, 0.3) is 11.1 Å². The normalized spacial score (nSPS) is 17.0. The predicted molar refractivity (Wildman–Crippen MR) is 157 cm³/mol. The molecule has 1 heterocycles. The van der Waals surface area contributed by atoms with Crippen LogP contribution in [0.15, 0.2) is 60.7 Å². The van der Waals surface area contributed by atoms with Crippen LogP contribution >= 0.6 is 0 Å². The lowest BCUT2D eigenvalue weighted by atomic mass is 9.88. The number of benzene rings is 3. The van der Waals surface area contributed by atoms with E-state index in [0.717, 1.165) is 33.8 Å². The van der Waals surface area contributed by atoms with E-state index in [-0.39, 0.29) is 17.7 Å². The van der Waals surface area contributed by atoms with Gasteiger partial charge in [-0.2, -0.15) is 8.42 Å². The molecule has 0 bridgehead atoms. The molecule has 1 atom stereocenters. The Labute approximate surface area is 235 Å². The highest BCUT2D eigenvalue weighted by Crippen LogP contribution is 2.47. The second-order valence-electron chi connectivity index (χ2n) is 10.7. The Morgan fingerprint density at radius 2 is 1.75 bits per heavy atom. The second kappa shape index (κ2) is 10.7. The predicted octanol–water partition coefficient (Wildman–Crippen LogP) is 5.20. The molecule has 0 spiro atoms. The number of ether oxygens (including phenoxy) is 2. The zero-order chi connectivity index (χ0) is 28.7. The second-order valence-corrected chi connectivity index (χ2v) is 12.5. The largest absolute Gasteiger partial charge is 0.496 e. The monoisotopic (exact) mass is 565 g/mol. The summed E-state index contributed by atoms with van der Waals surface area (Å²) in [6.07, 6.45) is 1.23. The van der Waals surface area contributed by atoms with Crippen molar-refractivity contribution in [2.24, 2.45) is 0 Å². The molecule has 3 aromatic carbocycles. The lowest BCUT2D eigenvalue weighted by Crippen LogP contribution is -2.53. The van der Waals surface area contributed by atoms with Crippen LogP contribution in [0.4, 0.5) is 17.1 Å². The van der Waals surface area contributed by atoms with Gasteiger partial charge >= 0.3 is 10.1 Å². The van der Waals surface area contributed by atoms with E-state index in [0.29, 0.717) is 25.2 Å². The van der Waals surface area contributed by atoms with Gasteiger partial charge in [0.1, 0.15) is 17.0 Å². The van der Waals surface area contributed by atoms with Gasteiger partial charge in [0, 0.05) is 37.0 Å². The maximum absolute atomic E-state index is 13.4. The number of anilines is 3. The van der Waals surface area contributed by atoms with Crippen molar-refractivity contribution < 1.29 is 26.9 Å².